The Hall–Kier alpha value is -1.42. The van der Waals surface area contributed by atoms with E-state index in [1.54, 1.807) is 0 Å². The van der Waals surface area contributed by atoms with E-state index < -0.39 is 0 Å². The zero-order valence-electron chi connectivity index (χ0n) is 10.4. The second kappa shape index (κ2) is 5.48. The molecule has 0 aliphatic rings. The fraction of sp³-hybridized carbons (Fsp3) is 0.214. The summed E-state index contributed by atoms with van der Waals surface area (Å²) in [6, 6.07) is 9.72. The lowest BCUT2D eigenvalue weighted by molar-refractivity contribution is 0.631. The van der Waals surface area contributed by atoms with Crippen molar-refractivity contribution in [2.45, 2.75) is 19.9 Å². The lowest BCUT2D eigenvalue weighted by Crippen LogP contribution is -2.29. The average Bonchev–Trinajstić information content (AvgIpc) is 2.35. The third kappa shape index (κ3) is 2.70. The van der Waals surface area contributed by atoms with Gasteiger partial charge in [0.1, 0.15) is 0 Å². The molecule has 0 bridgehead atoms. The van der Waals surface area contributed by atoms with Gasteiger partial charge in [-0.05, 0) is 48.7 Å². The van der Waals surface area contributed by atoms with Crippen LogP contribution in [0.15, 0.2) is 36.5 Å². The highest BCUT2D eigenvalue weighted by molar-refractivity contribution is 6.30. The Morgan fingerprint density at radius 1 is 1.22 bits per heavy atom. The van der Waals surface area contributed by atoms with Crippen LogP contribution in [0.5, 0.6) is 0 Å². The second-order valence-electron chi connectivity index (χ2n) is 4.33. The summed E-state index contributed by atoms with van der Waals surface area (Å²) in [5.74, 6) is 5.67. The molecule has 2 rings (SSSR count). The van der Waals surface area contributed by atoms with Gasteiger partial charge in [0.05, 0.1) is 6.04 Å². The Bertz CT molecular complexity index is 537. The molecule has 0 radical (unpaired) electrons. The van der Waals surface area contributed by atoms with Crippen LogP contribution in [-0.2, 0) is 0 Å². The van der Waals surface area contributed by atoms with Crippen molar-refractivity contribution in [3.63, 3.8) is 0 Å². The molecule has 1 atom stereocenters. The highest BCUT2D eigenvalue weighted by Crippen LogP contribution is 2.25. The zero-order chi connectivity index (χ0) is 13.1. The molecule has 18 heavy (non-hydrogen) atoms. The number of hydrazine groups is 1. The fourth-order valence-corrected chi connectivity index (χ4v) is 2.21. The van der Waals surface area contributed by atoms with Crippen molar-refractivity contribution < 1.29 is 0 Å². The summed E-state index contributed by atoms with van der Waals surface area (Å²) >= 11 is 5.97. The molecule has 0 saturated carbocycles. The summed E-state index contributed by atoms with van der Waals surface area (Å²) < 4.78 is 0. The van der Waals surface area contributed by atoms with Crippen LogP contribution in [0.4, 0.5) is 0 Å². The number of halogens is 1. The third-order valence-electron chi connectivity index (χ3n) is 2.98. The van der Waals surface area contributed by atoms with Gasteiger partial charge < -0.3 is 0 Å². The highest BCUT2D eigenvalue weighted by atomic mass is 35.5. The Morgan fingerprint density at radius 2 is 2.00 bits per heavy atom. The average molecular weight is 262 g/mol. The molecule has 0 aliphatic carbocycles. The number of aryl methyl sites for hydroxylation is 2. The van der Waals surface area contributed by atoms with E-state index in [1.165, 1.54) is 0 Å². The largest absolute Gasteiger partial charge is 0.271 e. The van der Waals surface area contributed by atoms with E-state index in [0.717, 1.165) is 27.4 Å². The second-order valence-corrected chi connectivity index (χ2v) is 4.77. The van der Waals surface area contributed by atoms with Gasteiger partial charge in [0, 0.05) is 16.9 Å². The monoisotopic (exact) mass is 261 g/mol. The molecule has 3 N–H and O–H groups in total. The predicted molar refractivity (Wildman–Crippen MR) is 74.3 cm³/mol. The summed E-state index contributed by atoms with van der Waals surface area (Å²) in [5, 5.41) is 0.731. The Kier molecular flexibility index (Phi) is 3.97. The Balaban J connectivity index is 2.41. The maximum absolute atomic E-state index is 5.97. The molecule has 94 valence electrons. The van der Waals surface area contributed by atoms with E-state index in [2.05, 4.69) is 10.4 Å². The van der Waals surface area contributed by atoms with Crippen molar-refractivity contribution >= 4 is 11.6 Å². The lowest BCUT2D eigenvalue weighted by atomic mass is 9.96. The lowest BCUT2D eigenvalue weighted by Gasteiger charge is -2.19. The number of rotatable bonds is 3. The molecule has 0 aliphatic heterocycles. The number of nitrogens with two attached hydrogens (primary N) is 1. The van der Waals surface area contributed by atoms with E-state index in [-0.39, 0.29) is 6.04 Å². The SMILES string of the molecule is Cc1ccc(C(NN)c2ccc(Cl)cc2C)cn1. The fourth-order valence-electron chi connectivity index (χ4n) is 1.98. The summed E-state index contributed by atoms with van der Waals surface area (Å²) in [4.78, 5) is 4.30. The summed E-state index contributed by atoms with van der Waals surface area (Å²) in [6.45, 7) is 3.98. The number of nitrogens with one attached hydrogen (secondary N) is 1. The molecule has 0 saturated heterocycles. The molecule has 2 aromatic rings. The van der Waals surface area contributed by atoms with Crippen molar-refractivity contribution in [2.75, 3.05) is 0 Å². The van der Waals surface area contributed by atoms with Crippen LogP contribution in [0.25, 0.3) is 0 Å². The smallest absolute Gasteiger partial charge is 0.0727 e. The molecule has 0 spiro atoms. The van der Waals surface area contributed by atoms with Gasteiger partial charge >= 0.3 is 0 Å². The van der Waals surface area contributed by atoms with Gasteiger partial charge in [-0.2, -0.15) is 0 Å². The maximum Gasteiger partial charge on any atom is 0.0727 e. The van der Waals surface area contributed by atoms with E-state index in [4.69, 9.17) is 17.4 Å². The number of aromatic nitrogens is 1. The first-order chi connectivity index (χ1) is 8.61. The minimum Gasteiger partial charge on any atom is -0.271 e. The zero-order valence-corrected chi connectivity index (χ0v) is 11.2. The first-order valence-electron chi connectivity index (χ1n) is 5.76. The van der Waals surface area contributed by atoms with Crippen molar-refractivity contribution in [1.82, 2.24) is 10.4 Å². The van der Waals surface area contributed by atoms with Crippen molar-refractivity contribution in [3.8, 4) is 0 Å². The van der Waals surface area contributed by atoms with Gasteiger partial charge in [-0.3, -0.25) is 10.8 Å². The number of hydrogen-bond acceptors (Lipinski definition) is 3. The highest BCUT2D eigenvalue weighted by Gasteiger charge is 2.14. The molecule has 1 unspecified atom stereocenters. The number of hydrogen-bond donors (Lipinski definition) is 2. The molecular formula is C14H16ClN3. The summed E-state index contributed by atoms with van der Waals surface area (Å²) in [6.07, 6.45) is 1.84. The maximum atomic E-state index is 5.97. The Labute approximate surface area is 112 Å². The van der Waals surface area contributed by atoms with Crippen LogP contribution in [-0.4, -0.2) is 4.98 Å². The first-order valence-corrected chi connectivity index (χ1v) is 6.14. The topological polar surface area (TPSA) is 50.9 Å². The van der Waals surface area contributed by atoms with Gasteiger partial charge in [0.15, 0.2) is 0 Å². The number of nitrogens with zero attached hydrogens (tertiary/aromatic N) is 1. The van der Waals surface area contributed by atoms with Crippen LogP contribution in [0.3, 0.4) is 0 Å². The van der Waals surface area contributed by atoms with Crippen molar-refractivity contribution in [1.29, 1.82) is 0 Å². The van der Waals surface area contributed by atoms with E-state index in [9.17, 15) is 0 Å². The minimum atomic E-state index is -0.0737. The first kappa shape index (κ1) is 13.0. The quantitative estimate of drug-likeness (QED) is 0.660. The molecule has 1 aromatic heterocycles. The van der Waals surface area contributed by atoms with Crippen LogP contribution >= 0.6 is 11.6 Å². The summed E-state index contributed by atoms with van der Waals surface area (Å²) in [5.41, 5.74) is 7.06. The molecule has 4 heteroatoms. The van der Waals surface area contributed by atoms with E-state index in [0.29, 0.717) is 0 Å². The number of benzene rings is 1. The van der Waals surface area contributed by atoms with Crippen LogP contribution < -0.4 is 11.3 Å². The van der Waals surface area contributed by atoms with Crippen molar-refractivity contribution in [2.24, 2.45) is 5.84 Å². The molecular weight excluding hydrogens is 246 g/mol. The molecule has 0 amide bonds. The Morgan fingerprint density at radius 3 is 2.56 bits per heavy atom. The van der Waals surface area contributed by atoms with Gasteiger partial charge in [-0.1, -0.05) is 23.7 Å². The number of pyridine rings is 1. The summed E-state index contributed by atoms with van der Waals surface area (Å²) in [7, 11) is 0. The van der Waals surface area contributed by atoms with E-state index >= 15 is 0 Å². The normalized spacial score (nSPS) is 12.4. The molecule has 3 nitrogen and oxygen atoms in total. The van der Waals surface area contributed by atoms with Gasteiger partial charge in [0.25, 0.3) is 0 Å². The van der Waals surface area contributed by atoms with Gasteiger partial charge in [-0.15, -0.1) is 0 Å². The van der Waals surface area contributed by atoms with Crippen LogP contribution in [0.2, 0.25) is 5.02 Å². The van der Waals surface area contributed by atoms with E-state index in [1.807, 2.05) is 50.4 Å². The van der Waals surface area contributed by atoms with Crippen LogP contribution in [0.1, 0.15) is 28.4 Å². The molecule has 1 aromatic carbocycles. The third-order valence-corrected chi connectivity index (χ3v) is 3.21. The van der Waals surface area contributed by atoms with Crippen molar-refractivity contribution in [3.05, 3.63) is 63.9 Å². The molecule has 0 fully saturated rings. The van der Waals surface area contributed by atoms with Gasteiger partial charge in [0.2, 0.25) is 0 Å². The van der Waals surface area contributed by atoms with Crippen LogP contribution in [0, 0.1) is 13.8 Å². The van der Waals surface area contributed by atoms with Gasteiger partial charge in [-0.25, -0.2) is 5.43 Å². The predicted octanol–water partition coefficient (Wildman–Crippen LogP) is 2.90. The minimum absolute atomic E-state index is 0.0737. The standard InChI is InChI=1S/C14H16ClN3/c1-9-7-12(15)5-6-13(9)14(18-16)11-4-3-10(2)17-8-11/h3-8,14,18H,16H2,1-2H3. The molecule has 1 heterocycles.